The lowest BCUT2D eigenvalue weighted by Gasteiger charge is -2.46. The maximum absolute atomic E-state index is 13.4. The minimum Gasteiger partial charge on any atom is -0.490 e. The standard InChI is InChI=1S/C29H38ClFN2O3/c1-20-18-24(30)6-9-27(20)36-26-12-14-32(15-13-26)19-22-10-16-33(17-11-22)29(3,28(34)35)21(2)23-4-7-25(31)8-5-23/h4-9,18,21-22,26H,10-17,19H2,1-3H3,(H,34,35)/t21?,29-/m0/s1. The van der Waals surface area contributed by atoms with Crippen molar-refractivity contribution in [3.05, 3.63) is 64.4 Å². The Balaban J connectivity index is 1.27. The van der Waals surface area contributed by atoms with Crippen molar-refractivity contribution in [3.8, 4) is 5.75 Å². The predicted molar refractivity (Wildman–Crippen MR) is 141 cm³/mol. The van der Waals surface area contributed by atoms with Crippen LogP contribution in [0.5, 0.6) is 5.75 Å². The first-order valence-corrected chi connectivity index (χ1v) is 13.4. The molecule has 2 aromatic rings. The summed E-state index contributed by atoms with van der Waals surface area (Å²) in [5.41, 5.74) is 0.888. The number of carboxylic acids is 1. The lowest BCUT2D eigenvalue weighted by molar-refractivity contribution is -0.153. The Morgan fingerprint density at radius 1 is 1.11 bits per heavy atom. The average Bonchev–Trinajstić information content (AvgIpc) is 2.86. The van der Waals surface area contributed by atoms with Crippen molar-refractivity contribution < 1.29 is 19.0 Å². The minimum absolute atomic E-state index is 0.229. The second-order valence-electron chi connectivity index (χ2n) is 10.7. The van der Waals surface area contributed by atoms with Crippen LogP contribution in [0.3, 0.4) is 0 Å². The van der Waals surface area contributed by atoms with E-state index in [9.17, 15) is 14.3 Å². The van der Waals surface area contributed by atoms with Crippen molar-refractivity contribution in [1.82, 2.24) is 9.80 Å². The third-order valence-electron chi connectivity index (χ3n) is 8.40. The van der Waals surface area contributed by atoms with Crippen LogP contribution in [0.15, 0.2) is 42.5 Å². The van der Waals surface area contributed by atoms with Crippen LogP contribution in [-0.2, 0) is 4.79 Å². The van der Waals surface area contributed by atoms with Gasteiger partial charge in [-0.3, -0.25) is 9.69 Å². The van der Waals surface area contributed by atoms with E-state index in [1.54, 1.807) is 12.1 Å². The molecule has 2 heterocycles. The van der Waals surface area contributed by atoms with E-state index in [1.165, 1.54) is 12.1 Å². The van der Waals surface area contributed by atoms with Gasteiger partial charge in [-0.25, -0.2) is 4.39 Å². The Kier molecular flexibility index (Phi) is 8.59. The molecule has 0 bridgehead atoms. The van der Waals surface area contributed by atoms with Gasteiger partial charge in [-0.05, 0) is 100.0 Å². The molecule has 2 aromatic carbocycles. The molecule has 0 amide bonds. The molecule has 196 valence electrons. The van der Waals surface area contributed by atoms with Crippen molar-refractivity contribution >= 4 is 17.6 Å². The molecule has 0 aromatic heterocycles. The molecular formula is C29H38ClFN2O3. The number of ether oxygens (including phenoxy) is 1. The summed E-state index contributed by atoms with van der Waals surface area (Å²) in [7, 11) is 0. The van der Waals surface area contributed by atoms with Gasteiger partial charge in [-0.15, -0.1) is 0 Å². The Labute approximate surface area is 219 Å². The van der Waals surface area contributed by atoms with E-state index < -0.39 is 11.5 Å². The molecule has 2 fully saturated rings. The van der Waals surface area contributed by atoms with Gasteiger partial charge < -0.3 is 14.7 Å². The van der Waals surface area contributed by atoms with Crippen LogP contribution in [0, 0.1) is 18.7 Å². The van der Waals surface area contributed by atoms with E-state index in [2.05, 4.69) is 9.80 Å². The summed E-state index contributed by atoms with van der Waals surface area (Å²) in [6.45, 7) is 10.4. The van der Waals surface area contributed by atoms with Gasteiger partial charge in [-0.1, -0.05) is 30.7 Å². The van der Waals surface area contributed by atoms with Crippen molar-refractivity contribution in [2.45, 2.75) is 64.0 Å². The summed E-state index contributed by atoms with van der Waals surface area (Å²) in [6, 6.07) is 12.0. The lowest BCUT2D eigenvalue weighted by Crippen LogP contribution is -2.58. The van der Waals surface area contributed by atoms with Crippen LogP contribution < -0.4 is 4.74 Å². The smallest absolute Gasteiger partial charge is 0.324 e. The van der Waals surface area contributed by atoms with Crippen LogP contribution in [0.25, 0.3) is 0 Å². The molecule has 0 spiro atoms. The molecule has 2 aliphatic rings. The zero-order valence-electron chi connectivity index (χ0n) is 21.6. The number of hydrogen-bond donors (Lipinski definition) is 1. The highest BCUT2D eigenvalue weighted by molar-refractivity contribution is 6.30. The van der Waals surface area contributed by atoms with Crippen LogP contribution in [0.2, 0.25) is 5.02 Å². The molecule has 36 heavy (non-hydrogen) atoms. The largest absolute Gasteiger partial charge is 0.490 e. The number of aryl methyl sites for hydroxylation is 1. The SMILES string of the molecule is Cc1cc(Cl)ccc1OC1CCN(CC2CCN([C@](C)(C(=O)O)C(C)c3ccc(F)cc3)CC2)CC1. The van der Waals surface area contributed by atoms with Crippen molar-refractivity contribution in [2.24, 2.45) is 5.92 Å². The second-order valence-corrected chi connectivity index (χ2v) is 11.1. The monoisotopic (exact) mass is 516 g/mol. The topological polar surface area (TPSA) is 53.0 Å². The number of hydrogen-bond acceptors (Lipinski definition) is 4. The lowest BCUT2D eigenvalue weighted by atomic mass is 9.78. The van der Waals surface area contributed by atoms with Crippen molar-refractivity contribution in [1.29, 1.82) is 0 Å². The number of likely N-dealkylation sites (tertiary alicyclic amines) is 2. The summed E-state index contributed by atoms with van der Waals surface area (Å²) in [5.74, 6) is 0.101. The van der Waals surface area contributed by atoms with Gasteiger partial charge in [0.25, 0.3) is 0 Å². The van der Waals surface area contributed by atoms with Gasteiger partial charge in [0.05, 0.1) is 0 Å². The predicted octanol–water partition coefficient (Wildman–Crippen LogP) is 5.99. The molecule has 1 unspecified atom stereocenters. The molecular weight excluding hydrogens is 479 g/mol. The fourth-order valence-electron chi connectivity index (χ4n) is 5.75. The van der Waals surface area contributed by atoms with Crippen LogP contribution >= 0.6 is 11.6 Å². The van der Waals surface area contributed by atoms with E-state index >= 15 is 0 Å². The maximum atomic E-state index is 13.4. The van der Waals surface area contributed by atoms with Gasteiger partial charge in [0.2, 0.25) is 0 Å². The fourth-order valence-corrected chi connectivity index (χ4v) is 5.98. The second kappa shape index (κ2) is 11.5. The Morgan fingerprint density at radius 3 is 2.33 bits per heavy atom. The highest BCUT2D eigenvalue weighted by Gasteiger charge is 2.46. The molecule has 1 N–H and O–H groups in total. The Bertz CT molecular complexity index is 1030. The summed E-state index contributed by atoms with van der Waals surface area (Å²) in [4.78, 5) is 17.1. The van der Waals surface area contributed by atoms with Crippen molar-refractivity contribution in [3.63, 3.8) is 0 Å². The van der Waals surface area contributed by atoms with Crippen LogP contribution in [-0.4, -0.2) is 65.2 Å². The molecule has 5 nitrogen and oxygen atoms in total. The molecule has 2 saturated heterocycles. The number of halogens is 2. The molecule has 7 heteroatoms. The number of aliphatic carboxylic acids is 1. The van der Waals surface area contributed by atoms with Crippen LogP contribution in [0.1, 0.15) is 56.6 Å². The quantitative estimate of drug-likeness (QED) is 0.467. The van der Waals surface area contributed by atoms with Gasteiger partial charge in [-0.2, -0.15) is 0 Å². The van der Waals surface area contributed by atoms with Gasteiger partial charge in [0.15, 0.2) is 0 Å². The first kappa shape index (κ1) is 26.9. The first-order valence-electron chi connectivity index (χ1n) is 13.1. The summed E-state index contributed by atoms with van der Waals surface area (Å²) in [5, 5.41) is 10.9. The molecule has 0 radical (unpaired) electrons. The number of piperidine rings is 2. The normalized spacial score (nSPS) is 21.1. The molecule has 2 atom stereocenters. The zero-order valence-corrected chi connectivity index (χ0v) is 22.3. The number of benzene rings is 2. The molecule has 0 aliphatic carbocycles. The van der Waals surface area contributed by atoms with E-state index in [0.717, 1.165) is 80.3 Å². The van der Waals surface area contributed by atoms with Gasteiger partial charge in [0.1, 0.15) is 23.2 Å². The molecule has 0 saturated carbocycles. The Morgan fingerprint density at radius 2 is 1.75 bits per heavy atom. The highest BCUT2D eigenvalue weighted by Crippen LogP contribution is 2.37. The van der Waals surface area contributed by atoms with E-state index in [-0.39, 0.29) is 17.8 Å². The van der Waals surface area contributed by atoms with Gasteiger partial charge in [0, 0.05) is 30.6 Å². The Hall–Kier alpha value is -2.15. The molecule has 2 aliphatic heterocycles. The van der Waals surface area contributed by atoms with E-state index in [4.69, 9.17) is 16.3 Å². The number of nitrogens with zero attached hydrogens (tertiary/aromatic N) is 2. The summed E-state index contributed by atoms with van der Waals surface area (Å²) < 4.78 is 19.7. The highest BCUT2D eigenvalue weighted by atomic mass is 35.5. The average molecular weight is 517 g/mol. The summed E-state index contributed by atoms with van der Waals surface area (Å²) >= 11 is 6.06. The third-order valence-corrected chi connectivity index (χ3v) is 8.63. The van der Waals surface area contributed by atoms with Crippen molar-refractivity contribution in [2.75, 3.05) is 32.7 Å². The van der Waals surface area contributed by atoms with Gasteiger partial charge >= 0.3 is 5.97 Å². The van der Waals surface area contributed by atoms with E-state index in [0.29, 0.717) is 5.92 Å². The third kappa shape index (κ3) is 6.04. The zero-order chi connectivity index (χ0) is 25.9. The summed E-state index contributed by atoms with van der Waals surface area (Å²) in [6.07, 6.45) is 4.21. The number of carbonyl (C=O) groups is 1. The van der Waals surface area contributed by atoms with Crippen LogP contribution in [0.4, 0.5) is 4.39 Å². The fraction of sp³-hybridized carbons (Fsp3) is 0.552. The maximum Gasteiger partial charge on any atom is 0.324 e. The van der Waals surface area contributed by atoms with E-state index in [1.807, 2.05) is 39.0 Å². The minimum atomic E-state index is -1.03. The first-order chi connectivity index (χ1) is 17.2. The number of rotatable bonds is 8. The molecule has 4 rings (SSSR count). The number of carboxylic acid groups (broad SMARTS) is 1.